The van der Waals surface area contributed by atoms with E-state index in [9.17, 15) is 19.8 Å². The smallest absolute Gasteiger partial charge is 0.407 e. The minimum absolute atomic E-state index is 0.00383. The van der Waals surface area contributed by atoms with E-state index in [1.165, 1.54) is 15.5 Å². The summed E-state index contributed by atoms with van der Waals surface area (Å²) in [5.41, 5.74) is 1.37. The Balaban J connectivity index is 1.66. The number of amides is 1. The Bertz CT molecular complexity index is 1960. The van der Waals surface area contributed by atoms with Crippen LogP contribution >= 0.6 is 0 Å². The molecule has 4 aromatic heterocycles. The lowest BCUT2D eigenvalue weighted by Crippen LogP contribution is -2.54. The van der Waals surface area contributed by atoms with E-state index in [1.54, 1.807) is 30.6 Å². The number of fused-ring (bicyclic) bond motifs is 2. The van der Waals surface area contributed by atoms with Gasteiger partial charge in [-0.15, -0.1) is 0 Å². The highest BCUT2D eigenvalue weighted by Crippen LogP contribution is 2.36. The summed E-state index contributed by atoms with van der Waals surface area (Å²) in [6, 6.07) is 7.94. The number of rotatable bonds is 8. The summed E-state index contributed by atoms with van der Waals surface area (Å²) in [4.78, 5) is 42.8. The normalized spacial score (nSPS) is 15.4. The van der Waals surface area contributed by atoms with Crippen LogP contribution in [0.3, 0.4) is 0 Å². The number of benzene rings is 1. The van der Waals surface area contributed by atoms with E-state index < -0.39 is 17.6 Å². The summed E-state index contributed by atoms with van der Waals surface area (Å²) in [6.07, 6.45) is 2.55. The molecule has 13 nitrogen and oxygen atoms in total. The van der Waals surface area contributed by atoms with Crippen LogP contribution in [0.4, 0.5) is 15.0 Å². The number of nitrogens with zero attached hydrogens (tertiary/aromatic N) is 7. The van der Waals surface area contributed by atoms with Crippen LogP contribution in [0, 0.1) is 5.82 Å². The molecule has 0 bridgehead atoms. The molecular weight excluding hydrogens is 583 g/mol. The summed E-state index contributed by atoms with van der Waals surface area (Å²) in [7, 11) is 0. The SMILES string of the molecule is CC(C)c1nccc(OCCCO)c1-n1c(=O)nc(N2CCN(C(=O)O)C[C@@H]2C)c2cc(F)c(-c3cccc4cn[nH]c34)nc21. The first-order valence-electron chi connectivity index (χ1n) is 14.7. The number of aliphatic hydroxyl groups is 1. The molecule has 45 heavy (non-hydrogen) atoms. The Morgan fingerprint density at radius 2 is 2.04 bits per heavy atom. The molecule has 6 rings (SSSR count). The maximum atomic E-state index is 16.2. The van der Waals surface area contributed by atoms with E-state index in [4.69, 9.17) is 9.72 Å². The average molecular weight is 617 g/mol. The Kier molecular flexibility index (Phi) is 8.06. The van der Waals surface area contributed by atoms with Crippen LogP contribution in [0.15, 0.2) is 47.5 Å². The fraction of sp³-hybridized carbons (Fsp3) is 0.355. The molecule has 1 fully saturated rings. The molecule has 1 aliphatic rings. The summed E-state index contributed by atoms with van der Waals surface area (Å²) >= 11 is 0. The predicted octanol–water partition coefficient (Wildman–Crippen LogP) is 3.93. The molecule has 0 saturated carbocycles. The van der Waals surface area contributed by atoms with Crippen molar-refractivity contribution in [2.75, 3.05) is 37.7 Å². The number of hydrogen-bond donors (Lipinski definition) is 3. The topological polar surface area (TPSA) is 163 Å². The first-order valence-corrected chi connectivity index (χ1v) is 14.7. The van der Waals surface area contributed by atoms with Crippen LogP contribution in [0.25, 0.3) is 38.9 Å². The first kappa shape index (κ1) is 29.9. The number of aliphatic hydroxyl groups excluding tert-OH is 1. The summed E-state index contributed by atoms with van der Waals surface area (Å²) in [5.74, 6) is -0.235. The van der Waals surface area contributed by atoms with Crippen LogP contribution < -0.4 is 15.3 Å². The number of para-hydroxylation sites is 1. The minimum Gasteiger partial charge on any atom is -0.491 e. The number of aromatic nitrogens is 6. The van der Waals surface area contributed by atoms with Crippen LogP contribution in [-0.2, 0) is 0 Å². The summed E-state index contributed by atoms with van der Waals surface area (Å²) in [6.45, 7) is 6.41. The molecule has 5 heterocycles. The molecule has 0 aliphatic carbocycles. The fourth-order valence-corrected chi connectivity index (χ4v) is 5.79. The second-order valence-corrected chi connectivity index (χ2v) is 11.3. The molecule has 5 aromatic rings. The van der Waals surface area contributed by atoms with Crippen molar-refractivity contribution in [2.24, 2.45) is 0 Å². The van der Waals surface area contributed by atoms with Crippen LogP contribution in [0.2, 0.25) is 0 Å². The second kappa shape index (κ2) is 12.1. The number of piperazine rings is 1. The largest absolute Gasteiger partial charge is 0.491 e. The van der Waals surface area contributed by atoms with Crippen LogP contribution in [0.5, 0.6) is 5.75 Å². The van der Waals surface area contributed by atoms with E-state index in [0.29, 0.717) is 34.6 Å². The van der Waals surface area contributed by atoms with Crippen molar-refractivity contribution in [3.63, 3.8) is 0 Å². The molecule has 1 atom stereocenters. The minimum atomic E-state index is -1.04. The zero-order valence-corrected chi connectivity index (χ0v) is 25.1. The van der Waals surface area contributed by atoms with Crippen molar-refractivity contribution in [3.05, 3.63) is 64.7 Å². The Hall–Kier alpha value is -5.11. The van der Waals surface area contributed by atoms with Gasteiger partial charge in [-0.1, -0.05) is 32.0 Å². The second-order valence-electron chi connectivity index (χ2n) is 11.3. The van der Waals surface area contributed by atoms with Crippen molar-refractivity contribution in [2.45, 2.75) is 39.2 Å². The van der Waals surface area contributed by atoms with E-state index in [1.807, 2.05) is 31.7 Å². The Morgan fingerprint density at radius 3 is 2.78 bits per heavy atom. The molecule has 1 aliphatic heterocycles. The van der Waals surface area contributed by atoms with Crippen LogP contribution in [-0.4, -0.2) is 89.8 Å². The number of nitrogens with one attached hydrogen (secondary N) is 1. The van der Waals surface area contributed by atoms with Crippen molar-refractivity contribution < 1.29 is 24.1 Å². The molecule has 1 saturated heterocycles. The van der Waals surface area contributed by atoms with E-state index in [-0.39, 0.29) is 67.4 Å². The highest BCUT2D eigenvalue weighted by molar-refractivity contribution is 5.96. The lowest BCUT2D eigenvalue weighted by Gasteiger charge is -2.39. The van der Waals surface area contributed by atoms with Crippen molar-refractivity contribution in [3.8, 4) is 22.7 Å². The van der Waals surface area contributed by atoms with E-state index >= 15 is 4.39 Å². The van der Waals surface area contributed by atoms with Crippen molar-refractivity contribution in [1.29, 1.82) is 0 Å². The summed E-state index contributed by atoms with van der Waals surface area (Å²) in [5, 5.41) is 26.9. The van der Waals surface area contributed by atoms with Gasteiger partial charge in [0.15, 0.2) is 5.65 Å². The fourth-order valence-electron chi connectivity index (χ4n) is 5.79. The van der Waals surface area contributed by atoms with E-state index in [2.05, 4.69) is 20.2 Å². The molecule has 0 unspecified atom stereocenters. The number of ether oxygens (including phenoxy) is 1. The maximum absolute atomic E-state index is 16.2. The number of carboxylic acid groups (broad SMARTS) is 1. The van der Waals surface area contributed by atoms with Gasteiger partial charge in [-0.2, -0.15) is 10.1 Å². The van der Waals surface area contributed by atoms with Gasteiger partial charge in [0, 0.05) is 61.9 Å². The number of halogens is 1. The van der Waals surface area contributed by atoms with Gasteiger partial charge >= 0.3 is 11.8 Å². The van der Waals surface area contributed by atoms with Gasteiger partial charge in [0.05, 0.1) is 29.4 Å². The molecule has 3 N–H and O–H groups in total. The number of aromatic amines is 1. The van der Waals surface area contributed by atoms with E-state index in [0.717, 1.165) is 5.39 Å². The standard InChI is InChI=1S/C31H33FN8O5/c1-17(2)24-27(23(8-9-33-24)45-13-5-12-41)40-29-21(28(36-30(40)42)39-11-10-38(31(43)44)16-18(39)3)14-22(32)26(35-29)20-7-4-6-19-15-34-37-25(19)20/h4,6-9,14-15,17-18,41H,5,10-13,16H2,1-3H3,(H,34,37)(H,43,44)/t18-/m0/s1. The quantitative estimate of drug-likeness (QED) is 0.218. The highest BCUT2D eigenvalue weighted by Gasteiger charge is 2.31. The van der Waals surface area contributed by atoms with Gasteiger partial charge < -0.3 is 24.7 Å². The Labute approximate surface area is 256 Å². The zero-order chi connectivity index (χ0) is 31.8. The van der Waals surface area contributed by atoms with Crippen molar-refractivity contribution in [1.82, 2.24) is 34.6 Å². The third kappa shape index (κ3) is 5.41. The highest BCUT2D eigenvalue weighted by atomic mass is 19.1. The zero-order valence-electron chi connectivity index (χ0n) is 25.1. The van der Waals surface area contributed by atoms with Gasteiger partial charge in [0.2, 0.25) is 0 Å². The first-order chi connectivity index (χ1) is 21.7. The predicted molar refractivity (Wildman–Crippen MR) is 166 cm³/mol. The number of hydrogen-bond acceptors (Lipinski definition) is 9. The van der Waals surface area contributed by atoms with Gasteiger partial charge in [-0.05, 0) is 18.9 Å². The lowest BCUT2D eigenvalue weighted by atomic mass is 10.1. The number of H-pyrrole nitrogens is 1. The number of carbonyl (C=O) groups is 1. The molecule has 14 heteroatoms. The van der Waals surface area contributed by atoms with Crippen molar-refractivity contribution >= 4 is 33.8 Å². The lowest BCUT2D eigenvalue weighted by molar-refractivity contribution is 0.136. The molecule has 1 amide bonds. The third-order valence-corrected chi connectivity index (χ3v) is 7.95. The molecule has 0 spiro atoms. The average Bonchev–Trinajstić information content (AvgIpc) is 3.50. The molecular formula is C31H33FN8O5. The van der Waals surface area contributed by atoms with Gasteiger partial charge in [-0.3, -0.25) is 10.1 Å². The molecule has 0 radical (unpaired) electrons. The molecule has 234 valence electrons. The van der Waals surface area contributed by atoms with Gasteiger partial charge in [0.1, 0.15) is 28.8 Å². The number of anilines is 1. The molecule has 1 aromatic carbocycles. The third-order valence-electron chi connectivity index (χ3n) is 7.95. The Morgan fingerprint density at radius 1 is 1.22 bits per heavy atom. The van der Waals surface area contributed by atoms with Crippen LogP contribution in [0.1, 0.15) is 38.8 Å². The summed E-state index contributed by atoms with van der Waals surface area (Å²) < 4.78 is 23.5. The monoisotopic (exact) mass is 616 g/mol. The van der Waals surface area contributed by atoms with Gasteiger partial charge in [-0.25, -0.2) is 23.5 Å². The van der Waals surface area contributed by atoms with Gasteiger partial charge in [0.25, 0.3) is 0 Å². The maximum Gasteiger partial charge on any atom is 0.407 e. The number of pyridine rings is 2.